The third kappa shape index (κ3) is 3.33. The molecule has 0 unspecified atom stereocenters. The Morgan fingerprint density at radius 1 is 1.33 bits per heavy atom. The van der Waals surface area contributed by atoms with E-state index in [0.717, 1.165) is 25.8 Å². The fourth-order valence-corrected chi connectivity index (χ4v) is 2.18. The third-order valence-corrected chi connectivity index (χ3v) is 2.87. The molecule has 0 spiro atoms. The van der Waals surface area contributed by atoms with Gasteiger partial charge in [0.2, 0.25) is 0 Å². The summed E-state index contributed by atoms with van der Waals surface area (Å²) in [6.07, 6.45) is 11.3. The van der Waals surface area contributed by atoms with Crippen LogP contribution in [0.5, 0.6) is 0 Å². The highest BCUT2D eigenvalue weighted by Crippen LogP contribution is 2.21. The van der Waals surface area contributed by atoms with Gasteiger partial charge in [0.25, 0.3) is 0 Å². The monoisotopic (exact) mass is 207 g/mol. The Kier molecular flexibility index (Phi) is 5.37. The standard InChI is InChI=1S/C13H21NO/c1-3-6-12-8-5-9-13(7-4-2)14(12)10-11-15/h3-5,8,12-13,15H,1-2,6-7,9-11H2/t12-,13+/m0/s1. The van der Waals surface area contributed by atoms with Crippen LogP contribution in [0, 0.1) is 0 Å². The van der Waals surface area contributed by atoms with Gasteiger partial charge in [0.1, 0.15) is 0 Å². The molecule has 0 bridgehead atoms. The zero-order valence-corrected chi connectivity index (χ0v) is 9.31. The van der Waals surface area contributed by atoms with Crippen molar-refractivity contribution in [3.63, 3.8) is 0 Å². The topological polar surface area (TPSA) is 23.5 Å². The van der Waals surface area contributed by atoms with Gasteiger partial charge in [-0.3, -0.25) is 4.90 Å². The molecule has 84 valence electrons. The second-order valence-electron chi connectivity index (χ2n) is 3.90. The predicted molar refractivity (Wildman–Crippen MR) is 64.8 cm³/mol. The summed E-state index contributed by atoms with van der Waals surface area (Å²) in [5.41, 5.74) is 0. The van der Waals surface area contributed by atoms with Crippen molar-refractivity contribution in [1.29, 1.82) is 0 Å². The smallest absolute Gasteiger partial charge is 0.0558 e. The molecule has 1 heterocycles. The second-order valence-corrected chi connectivity index (χ2v) is 3.90. The van der Waals surface area contributed by atoms with Gasteiger partial charge in [-0.05, 0) is 19.3 Å². The summed E-state index contributed by atoms with van der Waals surface area (Å²) in [6.45, 7) is 8.52. The SMILES string of the molecule is C=CC[C@@H]1CC=C[C@H](CC=C)N1CCO. The highest BCUT2D eigenvalue weighted by atomic mass is 16.3. The van der Waals surface area contributed by atoms with Crippen LogP contribution in [-0.4, -0.2) is 35.2 Å². The van der Waals surface area contributed by atoms with Crippen LogP contribution in [0.4, 0.5) is 0 Å². The first-order valence-corrected chi connectivity index (χ1v) is 5.58. The van der Waals surface area contributed by atoms with Crippen molar-refractivity contribution in [2.75, 3.05) is 13.2 Å². The number of nitrogens with zero attached hydrogens (tertiary/aromatic N) is 1. The normalized spacial score (nSPS) is 26.5. The molecule has 0 radical (unpaired) electrons. The molecule has 0 fully saturated rings. The van der Waals surface area contributed by atoms with E-state index in [1.165, 1.54) is 0 Å². The van der Waals surface area contributed by atoms with Gasteiger partial charge in [-0.15, -0.1) is 13.2 Å². The number of hydrogen-bond acceptors (Lipinski definition) is 2. The van der Waals surface area contributed by atoms with Crippen molar-refractivity contribution in [3.05, 3.63) is 37.5 Å². The average Bonchev–Trinajstić information content (AvgIpc) is 2.23. The summed E-state index contributed by atoms with van der Waals surface area (Å²) in [5.74, 6) is 0. The average molecular weight is 207 g/mol. The summed E-state index contributed by atoms with van der Waals surface area (Å²) in [6, 6.07) is 0.887. The molecule has 2 heteroatoms. The van der Waals surface area contributed by atoms with E-state index in [9.17, 15) is 0 Å². The Balaban J connectivity index is 2.68. The number of rotatable bonds is 6. The molecule has 0 aliphatic carbocycles. The van der Waals surface area contributed by atoms with E-state index in [-0.39, 0.29) is 6.61 Å². The first kappa shape index (κ1) is 12.2. The lowest BCUT2D eigenvalue weighted by molar-refractivity contribution is 0.117. The van der Waals surface area contributed by atoms with Crippen LogP contribution in [0.3, 0.4) is 0 Å². The maximum absolute atomic E-state index is 9.07. The van der Waals surface area contributed by atoms with Crippen LogP contribution in [0.2, 0.25) is 0 Å². The minimum absolute atomic E-state index is 0.217. The molecule has 1 aliphatic heterocycles. The molecule has 0 amide bonds. The Hall–Kier alpha value is -0.860. The Labute approximate surface area is 92.6 Å². The van der Waals surface area contributed by atoms with Crippen molar-refractivity contribution in [3.8, 4) is 0 Å². The third-order valence-electron chi connectivity index (χ3n) is 2.87. The molecule has 0 aromatic heterocycles. The summed E-state index contributed by atoms with van der Waals surface area (Å²) in [4.78, 5) is 2.35. The first-order chi connectivity index (χ1) is 7.33. The Bertz CT molecular complexity index is 235. The largest absolute Gasteiger partial charge is 0.395 e. The van der Waals surface area contributed by atoms with Crippen molar-refractivity contribution in [2.24, 2.45) is 0 Å². The number of β-amino-alcohol motifs (C(OH)–C–C–N with tert-alkyl or cyclic N) is 1. The molecule has 0 saturated carbocycles. The first-order valence-electron chi connectivity index (χ1n) is 5.58. The number of hydrogen-bond donors (Lipinski definition) is 1. The molecule has 1 N–H and O–H groups in total. The van der Waals surface area contributed by atoms with Gasteiger partial charge in [-0.1, -0.05) is 24.3 Å². The van der Waals surface area contributed by atoms with Crippen LogP contribution in [0.15, 0.2) is 37.5 Å². The lowest BCUT2D eigenvalue weighted by atomic mass is 9.98. The van der Waals surface area contributed by atoms with Crippen LogP contribution < -0.4 is 0 Å². The second kappa shape index (κ2) is 6.59. The van der Waals surface area contributed by atoms with E-state index in [1.807, 2.05) is 12.2 Å². The van der Waals surface area contributed by atoms with Gasteiger partial charge in [0.05, 0.1) is 6.61 Å². The van der Waals surface area contributed by atoms with Gasteiger partial charge < -0.3 is 5.11 Å². The molecule has 1 aliphatic rings. The molecular weight excluding hydrogens is 186 g/mol. The number of aliphatic hydroxyl groups excluding tert-OH is 1. The molecule has 15 heavy (non-hydrogen) atoms. The molecule has 0 aromatic rings. The summed E-state index contributed by atoms with van der Waals surface area (Å²) in [7, 11) is 0. The van der Waals surface area contributed by atoms with Gasteiger partial charge in [-0.25, -0.2) is 0 Å². The predicted octanol–water partition coefficient (Wildman–Crippen LogP) is 2.13. The van der Waals surface area contributed by atoms with Gasteiger partial charge in [0, 0.05) is 18.6 Å². The molecular formula is C13H21NO. The van der Waals surface area contributed by atoms with Gasteiger partial charge >= 0.3 is 0 Å². The van der Waals surface area contributed by atoms with Crippen LogP contribution in [0.1, 0.15) is 19.3 Å². The van der Waals surface area contributed by atoms with Crippen molar-refractivity contribution in [1.82, 2.24) is 4.90 Å². The Morgan fingerprint density at radius 2 is 2.07 bits per heavy atom. The molecule has 2 atom stereocenters. The van der Waals surface area contributed by atoms with Crippen LogP contribution in [-0.2, 0) is 0 Å². The zero-order chi connectivity index (χ0) is 11.1. The summed E-state index contributed by atoms with van der Waals surface area (Å²) < 4.78 is 0. The van der Waals surface area contributed by atoms with Crippen LogP contribution >= 0.6 is 0 Å². The quantitative estimate of drug-likeness (QED) is 0.674. The summed E-state index contributed by atoms with van der Waals surface area (Å²) >= 11 is 0. The van der Waals surface area contributed by atoms with Gasteiger partial charge in [0.15, 0.2) is 0 Å². The van der Waals surface area contributed by atoms with Crippen LogP contribution in [0.25, 0.3) is 0 Å². The zero-order valence-electron chi connectivity index (χ0n) is 9.31. The lowest BCUT2D eigenvalue weighted by Crippen LogP contribution is -2.45. The van der Waals surface area contributed by atoms with Crippen molar-refractivity contribution in [2.45, 2.75) is 31.3 Å². The molecule has 2 nitrogen and oxygen atoms in total. The minimum Gasteiger partial charge on any atom is -0.395 e. The number of aliphatic hydroxyl groups is 1. The fraction of sp³-hybridized carbons (Fsp3) is 0.538. The highest BCUT2D eigenvalue weighted by molar-refractivity contribution is 5.06. The highest BCUT2D eigenvalue weighted by Gasteiger charge is 2.24. The Morgan fingerprint density at radius 3 is 2.67 bits per heavy atom. The van der Waals surface area contributed by atoms with E-state index in [2.05, 4.69) is 30.2 Å². The van der Waals surface area contributed by atoms with E-state index in [0.29, 0.717) is 12.1 Å². The maximum atomic E-state index is 9.07. The van der Waals surface area contributed by atoms with Crippen molar-refractivity contribution < 1.29 is 5.11 Å². The van der Waals surface area contributed by atoms with E-state index in [1.54, 1.807) is 0 Å². The minimum atomic E-state index is 0.217. The van der Waals surface area contributed by atoms with Crippen molar-refractivity contribution >= 4 is 0 Å². The van der Waals surface area contributed by atoms with E-state index < -0.39 is 0 Å². The fourth-order valence-electron chi connectivity index (χ4n) is 2.18. The molecule has 0 saturated heterocycles. The summed E-state index contributed by atoms with van der Waals surface area (Å²) in [5, 5.41) is 9.07. The van der Waals surface area contributed by atoms with E-state index in [4.69, 9.17) is 5.11 Å². The van der Waals surface area contributed by atoms with E-state index >= 15 is 0 Å². The maximum Gasteiger partial charge on any atom is 0.0558 e. The lowest BCUT2D eigenvalue weighted by Gasteiger charge is -2.38. The molecule has 0 aromatic carbocycles. The molecule has 1 rings (SSSR count). The van der Waals surface area contributed by atoms with Gasteiger partial charge in [-0.2, -0.15) is 0 Å².